The van der Waals surface area contributed by atoms with Crippen LogP contribution in [-0.2, 0) is 4.79 Å². The molecular weight excluding hydrogens is 306 g/mol. The third-order valence-corrected chi connectivity index (χ3v) is 5.41. The van der Waals surface area contributed by atoms with Crippen molar-refractivity contribution in [2.45, 2.75) is 39.0 Å². The number of nitrogens with zero attached hydrogens (tertiary/aromatic N) is 2. The molecule has 1 aliphatic heterocycles. The van der Waals surface area contributed by atoms with E-state index in [-0.39, 0.29) is 11.8 Å². The summed E-state index contributed by atoms with van der Waals surface area (Å²) in [6.07, 6.45) is 7.35. The van der Waals surface area contributed by atoms with Crippen LogP contribution in [0.5, 0.6) is 0 Å². The second kappa shape index (κ2) is 7.77. The maximum atomic E-state index is 12.4. The Morgan fingerprint density at radius 1 is 1.43 bits per heavy atom. The number of pyridine rings is 1. The van der Waals surface area contributed by atoms with Crippen molar-refractivity contribution in [1.82, 2.24) is 10.3 Å². The predicted octanol–water partition coefficient (Wildman–Crippen LogP) is 3.82. The molecular formula is C18H25N3OS. The minimum atomic E-state index is 0.0843. The van der Waals surface area contributed by atoms with E-state index >= 15 is 0 Å². The molecule has 124 valence electrons. The van der Waals surface area contributed by atoms with Crippen molar-refractivity contribution in [2.24, 2.45) is 5.92 Å². The number of aromatic nitrogens is 1. The Bertz CT molecular complexity index is 655. The Hall–Kier alpha value is -1.62. The topological polar surface area (TPSA) is 45.2 Å². The highest BCUT2D eigenvalue weighted by Crippen LogP contribution is 2.31. The van der Waals surface area contributed by atoms with E-state index in [1.807, 2.05) is 6.20 Å². The summed E-state index contributed by atoms with van der Waals surface area (Å²) in [5.74, 6) is 1.33. The molecule has 2 aromatic rings. The molecule has 1 aliphatic rings. The zero-order valence-corrected chi connectivity index (χ0v) is 14.6. The van der Waals surface area contributed by atoms with Gasteiger partial charge in [-0.3, -0.25) is 4.79 Å². The summed E-state index contributed by atoms with van der Waals surface area (Å²) in [6.45, 7) is 4.75. The van der Waals surface area contributed by atoms with Gasteiger partial charge in [-0.1, -0.05) is 19.8 Å². The van der Waals surface area contributed by atoms with Gasteiger partial charge in [0.1, 0.15) is 5.82 Å². The monoisotopic (exact) mass is 331 g/mol. The van der Waals surface area contributed by atoms with Crippen molar-refractivity contribution in [3.63, 3.8) is 0 Å². The van der Waals surface area contributed by atoms with Gasteiger partial charge in [0, 0.05) is 35.9 Å². The normalized spacial score (nSPS) is 18.3. The molecule has 2 aromatic heterocycles. The SMILES string of the molecule is CCCCCNC(=O)[C@@H]1CCCN(c2nccc3sccc23)C1. The van der Waals surface area contributed by atoms with Crippen LogP contribution in [0.1, 0.15) is 39.0 Å². The predicted molar refractivity (Wildman–Crippen MR) is 97.1 cm³/mol. The molecule has 1 fully saturated rings. The van der Waals surface area contributed by atoms with E-state index in [1.165, 1.54) is 22.9 Å². The summed E-state index contributed by atoms with van der Waals surface area (Å²) in [4.78, 5) is 19.3. The minimum Gasteiger partial charge on any atom is -0.356 e. The van der Waals surface area contributed by atoms with Crippen molar-refractivity contribution < 1.29 is 4.79 Å². The van der Waals surface area contributed by atoms with Gasteiger partial charge in [-0.05, 0) is 36.8 Å². The number of thiophene rings is 1. The van der Waals surface area contributed by atoms with Crippen LogP contribution in [0.15, 0.2) is 23.7 Å². The van der Waals surface area contributed by atoms with Crippen molar-refractivity contribution in [3.8, 4) is 0 Å². The van der Waals surface area contributed by atoms with Crippen molar-refractivity contribution in [3.05, 3.63) is 23.7 Å². The first-order valence-corrected chi connectivity index (χ1v) is 9.52. The molecule has 0 radical (unpaired) electrons. The lowest BCUT2D eigenvalue weighted by Gasteiger charge is -2.33. The van der Waals surface area contributed by atoms with E-state index in [0.717, 1.165) is 44.7 Å². The average molecular weight is 331 g/mol. The third-order valence-electron chi connectivity index (χ3n) is 4.53. The van der Waals surface area contributed by atoms with Gasteiger partial charge >= 0.3 is 0 Å². The largest absolute Gasteiger partial charge is 0.356 e. The van der Waals surface area contributed by atoms with Gasteiger partial charge in [-0.2, -0.15) is 0 Å². The van der Waals surface area contributed by atoms with E-state index in [4.69, 9.17) is 0 Å². The second-order valence-electron chi connectivity index (χ2n) is 6.25. The molecule has 1 amide bonds. The molecule has 1 atom stereocenters. The maximum absolute atomic E-state index is 12.4. The molecule has 3 heterocycles. The van der Waals surface area contributed by atoms with Gasteiger partial charge in [-0.25, -0.2) is 4.98 Å². The summed E-state index contributed by atoms with van der Waals surface area (Å²) in [5.41, 5.74) is 0. The van der Waals surface area contributed by atoms with Crippen LogP contribution in [0.3, 0.4) is 0 Å². The summed E-state index contributed by atoms with van der Waals surface area (Å²) < 4.78 is 1.26. The first-order valence-electron chi connectivity index (χ1n) is 8.64. The number of nitrogens with one attached hydrogen (secondary N) is 1. The Kier molecular flexibility index (Phi) is 5.49. The Morgan fingerprint density at radius 2 is 2.35 bits per heavy atom. The molecule has 4 nitrogen and oxygen atoms in total. The van der Waals surface area contributed by atoms with Crippen LogP contribution >= 0.6 is 11.3 Å². The van der Waals surface area contributed by atoms with E-state index in [2.05, 4.69) is 39.6 Å². The number of hydrogen-bond acceptors (Lipinski definition) is 4. The molecule has 0 bridgehead atoms. The molecule has 0 spiro atoms. The van der Waals surface area contributed by atoms with Crippen molar-refractivity contribution >= 4 is 33.1 Å². The van der Waals surface area contributed by atoms with Crippen LogP contribution in [0.2, 0.25) is 0 Å². The maximum Gasteiger partial charge on any atom is 0.224 e. The quantitative estimate of drug-likeness (QED) is 0.819. The van der Waals surface area contributed by atoms with Crippen LogP contribution in [-0.4, -0.2) is 30.5 Å². The second-order valence-corrected chi connectivity index (χ2v) is 7.20. The summed E-state index contributed by atoms with van der Waals surface area (Å²) in [6, 6.07) is 4.20. The Morgan fingerprint density at radius 3 is 3.22 bits per heavy atom. The summed E-state index contributed by atoms with van der Waals surface area (Å²) >= 11 is 1.74. The van der Waals surface area contributed by atoms with Gasteiger partial charge in [0.25, 0.3) is 0 Å². The van der Waals surface area contributed by atoms with Gasteiger partial charge < -0.3 is 10.2 Å². The number of rotatable bonds is 6. The molecule has 0 aromatic carbocycles. The number of amides is 1. The molecule has 0 saturated carbocycles. The van der Waals surface area contributed by atoms with Crippen LogP contribution in [0.4, 0.5) is 5.82 Å². The zero-order chi connectivity index (χ0) is 16.1. The lowest BCUT2D eigenvalue weighted by molar-refractivity contribution is -0.125. The van der Waals surface area contributed by atoms with Gasteiger partial charge in [0.15, 0.2) is 0 Å². The summed E-state index contributed by atoms with van der Waals surface area (Å²) in [5, 5.41) is 6.43. The smallest absolute Gasteiger partial charge is 0.224 e. The number of piperidine rings is 1. The van der Waals surface area contributed by atoms with E-state index in [1.54, 1.807) is 11.3 Å². The number of unbranched alkanes of at least 4 members (excludes halogenated alkanes) is 2. The Balaban J connectivity index is 1.64. The molecule has 1 N–H and O–H groups in total. The molecule has 5 heteroatoms. The standard InChI is InChI=1S/C18H25N3OS/c1-2-3-4-9-20-18(22)14-6-5-11-21(13-14)17-15-8-12-23-16(15)7-10-19-17/h7-8,10,12,14H,2-6,9,11,13H2,1H3,(H,20,22)/t14-/m1/s1. The number of hydrogen-bond donors (Lipinski definition) is 1. The highest BCUT2D eigenvalue weighted by atomic mass is 32.1. The Labute approximate surface area is 141 Å². The average Bonchev–Trinajstić information content (AvgIpc) is 3.07. The minimum absolute atomic E-state index is 0.0843. The zero-order valence-electron chi connectivity index (χ0n) is 13.8. The van der Waals surface area contributed by atoms with Crippen LogP contribution < -0.4 is 10.2 Å². The highest BCUT2D eigenvalue weighted by molar-refractivity contribution is 7.17. The third kappa shape index (κ3) is 3.83. The molecule has 3 rings (SSSR count). The number of carbonyl (C=O) groups excluding carboxylic acids is 1. The van der Waals surface area contributed by atoms with E-state index in [9.17, 15) is 4.79 Å². The number of anilines is 1. The fourth-order valence-electron chi connectivity index (χ4n) is 3.25. The van der Waals surface area contributed by atoms with Crippen LogP contribution in [0, 0.1) is 5.92 Å². The van der Waals surface area contributed by atoms with Gasteiger partial charge in [-0.15, -0.1) is 11.3 Å². The highest BCUT2D eigenvalue weighted by Gasteiger charge is 2.27. The van der Waals surface area contributed by atoms with E-state index in [0.29, 0.717) is 0 Å². The molecule has 1 saturated heterocycles. The molecule has 0 aliphatic carbocycles. The van der Waals surface area contributed by atoms with E-state index < -0.39 is 0 Å². The summed E-state index contributed by atoms with van der Waals surface area (Å²) in [7, 11) is 0. The van der Waals surface area contributed by atoms with Crippen molar-refractivity contribution in [2.75, 3.05) is 24.5 Å². The van der Waals surface area contributed by atoms with Crippen LogP contribution in [0.25, 0.3) is 10.1 Å². The van der Waals surface area contributed by atoms with Gasteiger partial charge in [0.05, 0.1) is 5.92 Å². The van der Waals surface area contributed by atoms with Crippen molar-refractivity contribution in [1.29, 1.82) is 0 Å². The lowest BCUT2D eigenvalue weighted by Crippen LogP contribution is -2.43. The molecule has 0 unspecified atom stereocenters. The first-order chi connectivity index (χ1) is 11.3. The molecule has 23 heavy (non-hydrogen) atoms. The lowest BCUT2D eigenvalue weighted by atomic mass is 9.97. The fourth-order valence-corrected chi connectivity index (χ4v) is 4.02. The fraction of sp³-hybridized carbons (Fsp3) is 0.556. The first kappa shape index (κ1) is 16.2. The van der Waals surface area contributed by atoms with Gasteiger partial charge in [0.2, 0.25) is 5.91 Å². The number of fused-ring (bicyclic) bond motifs is 1. The number of carbonyl (C=O) groups is 1.